The van der Waals surface area contributed by atoms with Crippen molar-refractivity contribution >= 4 is 0 Å². The molecule has 2 heterocycles. The predicted octanol–water partition coefficient (Wildman–Crippen LogP) is 0.642. The topological polar surface area (TPSA) is 51.9 Å². The summed E-state index contributed by atoms with van der Waals surface area (Å²) in [6.07, 6.45) is 1.90. The summed E-state index contributed by atoms with van der Waals surface area (Å²) in [5, 5.41) is 5.63. The zero-order valence-corrected chi connectivity index (χ0v) is 8.05. The summed E-state index contributed by atoms with van der Waals surface area (Å²) >= 11 is 0. The molecular weight excluding hydrogens is 166 g/mol. The number of rotatable bonds is 1. The Bertz CT molecular complexity index is 352. The molecule has 0 amide bonds. The number of hydrogen-bond donors (Lipinski definition) is 2. The van der Waals surface area contributed by atoms with Gasteiger partial charge in [-0.2, -0.15) is 0 Å². The van der Waals surface area contributed by atoms with Gasteiger partial charge in [0.05, 0.1) is 11.7 Å². The number of hydrogen-bond acceptors (Lipinski definition) is 2. The van der Waals surface area contributed by atoms with Crippen LogP contribution in [0.15, 0.2) is 4.79 Å². The van der Waals surface area contributed by atoms with Crippen LogP contribution < -0.4 is 5.56 Å². The highest BCUT2D eigenvalue weighted by atomic mass is 16.1. The maximum atomic E-state index is 11.3. The van der Waals surface area contributed by atoms with Crippen molar-refractivity contribution in [3.05, 3.63) is 21.6 Å². The average Bonchev–Trinajstić information content (AvgIpc) is 2.48. The molecule has 2 N–H and O–H groups in total. The van der Waals surface area contributed by atoms with Crippen molar-refractivity contribution in [1.82, 2.24) is 15.1 Å². The van der Waals surface area contributed by atoms with Gasteiger partial charge >= 0.3 is 0 Å². The molecule has 2 rings (SSSR count). The molecule has 0 aliphatic carbocycles. The molecule has 4 nitrogen and oxygen atoms in total. The number of nitrogens with zero attached hydrogens (tertiary/aromatic N) is 1. The first-order valence-corrected chi connectivity index (χ1v) is 4.73. The van der Waals surface area contributed by atoms with E-state index in [1.165, 1.54) is 0 Å². The Morgan fingerprint density at radius 2 is 2.31 bits per heavy atom. The van der Waals surface area contributed by atoms with Gasteiger partial charge in [0.25, 0.3) is 5.56 Å². The van der Waals surface area contributed by atoms with Gasteiger partial charge in [-0.15, -0.1) is 0 Å². The zero-order chi connectivity index (χ0) is 9.42. The lowest BCUT2D eigenvalue weighted by Crippen LogP contribution is -2.33. The van der Waals surface area contributed by atoms with E-state index in [-0.39, 0.29) is 5.56 Å². The summed E-state index contributed by atoms with van der Waals surface area (Å²) in [7, 11) is 2.10. The van der Waals surface area contributed by atoms with Crippen molar-refractivity contribution in [2.75, 3.05) is 13.6 Å². The van der Waals surface area contributed by atoms with E-state index in [1.807, 2.05) is 0 Å². The predicted molar refractivity (Wildman–Crippen MR) is 50.8 cm³/mol. The van der Waals surface area contributed by atoms with Gasteiger partial charge in [0.2, 0.25) is 0 Å². The van der Waals surface area contributed by atoms with Crippen LogP contribution in [-0.4, -0.2) is 28.7 Å². The quantitative estimate of drug-likeness (QED) is 0.668. The number of aromatic amines is 2. The Hall–Kier alpha value is -1.03. The normalized spacial score (nSPS) is 23.1. The standard InChI is InChI=1S/C9H15N3O/c1-3-7-8-6(4-5-12(7)2)9(13)11-10-8/h7H,3-5H2,1-2H3,(H2,10,11,13). The Morgan fingerprint density at radius 3 is 3.00 bits per heavy atom. The van der Waals surface area contributed by atoms with Crippen LogP contribution in [-0.2, 0) is 6.42 Å². The van der Waals surface area contributed by atoms with E-state index in [0.29, 0.717) is 6.04 Å². The Labute approximate surface area is 76.9 Å². The van der Waals surface area contributed by atoms with Crippen LogP contribution in [0.2, 0.25) is 0 Å². The molecule has 0 bridgehead atoms. The Kier molecular flexibility index (Phi) is 2.00. The number of aromatic nitrogens is 2. The van der Waals surface area contributed by atoms with Crippen molar-refractivity contribution in [3.63, 3.8) is 0 Å². The minimum atomic E-state index is 0.0570. The lowest BCUT2D eigenvalue weighted by atomic mass is 9.99. The maximum Gasteiger partial charge on any atom is 0.267 e. The summed E-state index contributed by atoms with van der Waals surface area (Å²) in [6, 6.07) is 0.377. The van der Waals surface area contributed by atoms with Crippen LogP contribution in [0.25, 0.3) is 0 Å². The lowest BCUT2D eigenvalue weighted by Gasteiger charge is -2.30. The molecule has 1 atom stereocenters. The molecular formula is C9H15N3O. The molecule has 13 heavy (non-hydrogen) atoms. The van der Waals surface area contributed by atoms with Gasteiger partial charge in [0.15, 0.2) is 0 Å². The van der Waals surface area contributed by atoms with Crippen molar-refractivity contribution < 1.29 is 0 Å². The SMILES string of the molecule is CCC1c2[nH][nH]c(=O)c2CCN1C. The largest absolute Gasteiger partial charge is 0.300 e. The summed E-state index contributed by atoms with van der Waals surface area (Å²) in [6.45, 7) is 3.12. The Balaban J connectivity index is 2.46. The van der Waals surface area contributed by atoms with Crippen molar-refractivity contribution in [2.45, 2.75) is 25.8 Å². The molecule has 0 saturated heterocycles. The summed E-state index contributed by atoms with van der Waals surface area (Å²) in [5.41, 5.74) is 2.09. The molecule has 0 fully saturated rings. The fraction of sp³-hybridized carbons (Fsp3) is 0.667. The first-order valence-electron chi connectivity index (χ1n) is 4.73. The minimum Gasteiger partial charge on any atom is -0.300 e. The first-order chi connectivity index (χ1) is 6.24. The smallest absolute Gasteiger partial charge is 0.267 e. The van der Waals surface area contributed by atoms with E-state index in [2.05, 4.69) is 29.1 Å². The molecule has 1 aliphatic heterocycles. The van der Waals surface area contributed by atoms with Gasteiger partial charge in [-0.05, 0) is 19.9 Å². The van der Waals surface area contributed by atoms with Crippen molar-refractivity contribution in [2.24, 2.45) is 0 Å². The van der Waals surface area contributed by atoms with Crippen molar-refractivity contribution in [1.29, 1.82) is 0 Å². The molecule has 1 aromatic heterocycles. The second kappa shape index (κ2) is 3.03. The fourth-order valence-electron chi connectivity index (χ4n) is 2.11. The van der Waals surface area contributed by atoms with E-state index in [4.69, 9.17) is 0 Å². The summed E-state index contributed by atoms with van der Waals surface area (Å²) < 4.78 is 0. The van der Waals surface area contributed by atoms with Crippen LogP contribution in [0.3, 0.4) is 0 Å². The molecule has 1 aromatic rings. The minimum absolute atomic E-state index is 0.0570. The highest BCUT2D eigenvalue weighted by molar-refractivity contribution is 5.23. The molecule has 0 saturated carbocycles. The molecule has 0 radical (unpaired) electrons. The van der Waals surface area contributed by atoms with Gasteiger partial charge in [0.1, 0.15) is 0 Å². The van der Waals surface area contributed by atoms with Gasteiger partial charge in [-0.25, -0.2) is 0 Å². The third kappa shape index (κ3) is 1.21. The van der Waals surface area contributed by atoms with E-state index in [1.54, 1.807) is 0 Å². The van der Waals surface area contributed by atoms with Gasteiger partial charge in [-0.1, -0.05) is 6.92 Å². The molecule has 0 aromatic carbocycles. The van der Waals surface area contributed by atoms with Gasteiger partial charge in [-0.3, -0.25) is 14.8 Å². The average molecular weight is 181 g/mol. The molecule has 72 valence electrons. The second-order valence-corrected chi connectivity index (χ2v) is 3.63. The monoisotopic (exact) mass is 181 g/mol. The highest BCUT2D eigenvalue weighted by Crippen LogP contribution is 2.26. The molecule has 0 spiro atoms. The summed E-state index contributed by atoms with van der Waals surface area (Å²) in [5.74, 6) is 0. The fourth-order valence-corrected chi connectivity index (χ4v) is 2.11. The second-order valence-electron chi connectivity index (χ2n) is 3.63. The summed E-state index contributed by atoms with van der Waals surface area (Å²) in [4.78, 5) is 13.6. The van der Waals surface area contributed by atoms with E-state index < -0.39 is 0 Å². The molecule has 4 heteroatoms. The highest BCUT2D eigenvalue weighted by Gasteiger charge is 2.26. The maximum absolute atomic E-state index is 11.3. The van der Waals surface area contributed by atoms with E-state index in [9.17, 15) is 4.79 Å². The number of fused-ring (bicyclic) bond motifs is 1. The van der Waals surface area contributed by atoms with Crippen LogP contribution in [0.5, 0.6) is 0 Å². The number of H-pyrrole nitrogens is 2. The van der Waals surface area contributed by atoms with E-state index >= 15 is 0 Å². The van der Waals surface area contributed by atoms with E-state index in [0.717, 1.165) is 30.6 Å². The third-order valence-electron chi connectivity index (χ3n) is 2.88. The number of nitrogens with one attached hydrogen (secondary N) is 2. The number of likely N-dealkylation sites (N-methyl/N-ethyl adjacent to an activating group) is 1. The van der Waals surface area contributed by atoms with Crippen LogP contribution in [0.1, 0.15) is 30.6 Å². The molecule has 1 unspecified atom stereocenters. The third-order valence-corrected chi connectivity index (χ3v) is 2.88. The van der Waals surface area contributed by atoms with Gasteiger partial charge in [0, 0.05) is 12.1 Å². The van der Waals surface area contributed by atoms with Crippen LogP contribution in [0.4, 0.5) is 0 Å². The van der Waals surface area contributed by atoms with Crippen LogP contribution in [0, 0.1) is 0 Å². The Morgan fingerprint density at radius 1 is 1.54 bits per heavy atom. The van der Waals surface area contributed by atoms with Gasteiger partial charge < -0.3 is 5.10 Å². The lowest BCUT2D eigenvalue weighted by molar-refractivity contribution is 0.220. The molecule has 1 aliphatic rings. The van der Waals surface area contributed by atoms with Crippen molar-refractivity contribution in [3.8, 4) is 0 Å². The first kappa shape index (κ1) is 8.56. The van der Waals surface area contributed by atoms with Crippen LogP contribution >= 0.6 is 0 Å². The zero-order valence-electron chi connectivity index (χ0n) is 8.05.